The van der Waals surface area contributed by atoms with E-state index >= 15 is 0 Å². The van der Waals surface area contributed by atoms with Gasteiger partial charge in [0.15, 0.2) is 13.6 Å². The van der Waals surface area contributed by atoms with Gasteiger partial charge in [-0.05, 0) is 23.3 Å². The van der Waals surface area contributed by atoms with E-state index in [1.807, 2.05) is 30.3 Å². The minimum Gasteiger partial charge on any atom is -0.467 e. The molecule has 0 saturated heterocycles. The quantitative estimate of drug-likeness (QED) is 0.549. The molecule has 0 aromatic heterocycles. The number of hydrogen-bond donors (Lipinski definition) is 2. The summed E-state index contributed by atoms with van der Waals surface area (Å²) < 4.78 is 16.0. The van der Waals surface area contributed by atoms with Gasteiger partial charge in [0, 0.05) is 6.54 Å². The first-order chi connectivity index (χ1) is 10.8. The molecule has 0 amide bonds. The second-order valence-electron chi connectivity index (χ2n) is 4.74. The van der Waals surface area contributed by atoms with Crippen LogP contribution in [0.1, 0.15) is 17.2 Å². The van der Waals surface area contributed by atoms with Crippen LogP contribution in [0, 0.1) is 0 Å². The standard InChI is InChI=1S/C17H21NO4/c18-10-17(19)15-6-8-16(9-7-15)22-13-21-12-20-11-14-4-2-1-3-5-14/h1-9,17,19H,10-13,18H2. The maximum atomic E-state index is 9.58. The van der Waals surface area contributed by atoms with E-state index in [1.165, 1.54) is 0 Å². The topological polar surface area (TPSA) is 73.9 Å². The van der Waals surface area contributed by atoms with Gasteiger partial charge < -0.3 is 25.1 Å². The van der Waals surface area contributed by atoms with E-state index < -0.39 is 6.10 Å². The molecular formula is C17H21NO4. The van der Waals surface area contributed by atoms with E-state index in [1.54, 1.807) is 24.3 Å². The van der Waals surface area contributed by atoms with Gasteiger partial charge in [-0.2, -0.15) is 0 Å². The molecule has 0 spiro atoms. The van der Waals surface area contributed by atoms with Crippen molar-refractivity contribution >= 4 is 0 Å². The molecule has 2 rings (SSSR count). The van der Waals surface area contributed by atoms with E-state index in [0.717, 1.165) is 11.1 Å². The van der Waals surface area contributed by atoms with Crippen LogP contribution in [-0.2, 0) is 16.1 Å². The summed E-state index contributed by atoms with van der Waals surface area (Å²) in [5.74, 6) is 0.663. The van der Waals surface area contributed by atoms with E-state index in [0.29, 0.717) is 12.4 Å². The average molecular weight is 303 g/mol. The minimum absolute atomic E-state index is 0.105. The Morgan fingerprint density at radius 3 is 2.32 bits per heavy atom. The number of ether oxygens (including phenoxy) is 3. The first-order valence-electron chi connectivity index (χ1n) is 7.10. The highest BCUT2D eigenvalue weighted by molar-refractivity contribution is 5.28. The molecule has 2 aromatic carbocycles. The van der Waals surface area contributed by atoms with Gasteiger partial charge in [-0.3, -0.25) is 0 Å². The Kier molecular flexibility index (Phi) is 6.86. The summed E-state index contributed by atoms with van der Waals surface area (Å²) in [7, 11) is 0. The van der Waals surface area contributed by atoms with Crippen molar-refractivity contribution < 1.29 is 19.3 Å². The molecule has 1 atom stereocenters. The molecule has 0 fully saturated rings. The van der Waals surface area contributed by atoms with Gasteiger partial charge in [-0.1, -0.05) is 42.5 Å². The van der Waals surface area contributed by atoms with Crippen molar-refractivity contribution in [1.29, 1.82) is 0 Å². The largest absolute Gasteiger partial charge is 0.467 e. The molecule has 3 N–H and O–H groups in total. The van der Waals surface area contributed by atoms with E-state index in [9.17, 15) is 5.11 Å². The summed E-state index contributed by atoms with van der Waals surface area (Å²) in [5.41, 5.74) is 7.26. The van der Waals surface area contributed by atoms with Gasteiger partial charge in [-0.25, -0.2) is 0 Å². The molecule has 5 nitrogen and oxygen atoms in total. The number of aliphatic hydroxyl groups is 1. The second kappa shape index (κ2) is 9.17. The predicted octanol–water partition coefficient (Wildman–Crippen LogP) is 2.21. The summed E-state index contributed by atoms with van der Waals surface area (Å²) in [4.78, 5) is 0. The summed E-state index contributed by atoms with van der Waals surface area (Å²) in [6.07, 6.45) is -0.642. The summed E-state index contributed by atoms with van der Waals surface area (Å²) >= 11 is 0. The van der Waals surface area contributed by atoms with Crippen LogP contribution in [0.25, 0.3) is 0 Å². The van der Waals surface area contributed by atoms with Crippen LogP contribution in [0.4, 0.5) is 0 Å². The van der Waals surface area contributed by atoms with Crippen LogP contribution in [0.2, 0.25) is 0 Å². The van der Waals surface area contributed by atoms with Crippen LogP contribution >= 0.6 is 0 Å². The maximum absolute atomic E-state index is 9.58. The number of aliphatic hydroxyl groups excluding tert-OH is 1. The summed E-state index contributed by atoms with van der Waals surface area (Å²) in [6, 6.07) is 17.0. The number of benzene rings is 2. The zero-order valence-corrected chi connectivity index (χ0v) is 12.4. The molecule has 0 aliphatic rings. The third kappa shape index (κ3) is 5.46. The molecule has 0 heterocycles. The fraction of sp³-hybridized carbons (Fsp3) is 0.294. The average Bonchev–Trinajstić information content (AvgIpc) is 2.58. The van der Waals surface area contributed by atoms with Crippen molar-refractivity contribution in [2.24, 2.45) is 5.73 Å². The number of rotatable bonds is 9. The van der Waals surface area contributed by atoms with Crippen molar-refractivity contribution in [2.75, 3.05) is 20.1 Å². The van der Waals surface area contributed by atoms with Crippen molar-refractivity contribution in [3.8, 4) is 5.75 Å². The lowest BCUT2D eigenvalue weighted by molar-refractivity contribution is -0.105. The lowest BCUT2D eigenvalue weighted by Crippen LogP contribution is -2.11. The minimum atomic E-state index is -0.642. The maximum Gasteiger partial charge on any atom is 0.191 e. The van der Waals surface area contributed by atoms with Crippen LogP contribution < -0.4 is 10.5 Å². The van der Waals surface area contributed by atoms with E-state index in [-0.39, 0.29) is 20.1 Å². The van der Waals surface area contributed by atoms with Gasteiger partial charge >= 0.3 is 0 Å². The highest BCUT2D eigenvalue weighted by Gasteiger charge is 2.04. The van der Waals surface area contributed by atoms with Crippen LogP contribution in [0.15, 0.2) is 54.6 Å². The van der Waals surface area contributed by atoms with Gasteiger partial charge in [0.2, 0.25) is 0 Å². The first-order valence-corrected chi connectivity index (χ1v) is 7.10. The Morgan fingerprint density at radius 1 is 0.909 bits per heavy atom. The van der Waals surface area contributed by atoms with Crippen LogP contribution in [0.3, 0.4) is 0 Å². The van der Waals surface area contributed by atoms with Gasteiger partial charge in [0.05, 0.1) is 12.7 Å². The molecule has 0 aliphatic carbocycles. The van der Waals surface area contributed by atoms with Crippen molar-refractivity contribution in [1.82, 2.24) is 0 Å². The van der Waals surface area contributed by atoms with Gasteiger partial charge in [0.1, 0.15) is 5.75 Å². The monoisotopic (exact) mass is 303 g/mol. The Balaban J connectivity index is 1.60. The molecule has 0 aliphatic heterocycles. The predicted molar refractivity (Wildman–Crippen MR) is 83.1 cm³/mol. The zero-order chi connectivity index (χ0) is 15.6. The smallest absolute Gasteiger partial charge is 0.191 e. The molecule has 2 aromatic rings. The third-order valence-electron chi connectivity index (χ3n) is 3.08. The fourth-order valence-corrected chi connectivity index (χ4v) is 1.86. The fourth-order valence-electron chi connectivity index (χ4n) is 1.86. The van der Waals surface area contributed by atoms with Gasteiger partial charge in [-0.15, -0.1) is 0 Å². The van der Waals surface area contributed by atoms with Crippen LogP contribution in [-0.4, -0.2) is 25.2 Å². The Hall–Kier alpha value is -1.92. The molecule has 22 heavy (non-hydrogen) atoms. The molecule has 1 unspecified atom stereocenters. The second-order valence-corrected chi connectivity index (χ2v) is 4.74. The van der Waals surface area contributed by atoms with Crippen molar-refractivity contribution in [3.05, 3.63) is 65.7 Å². The summed E-state index contributed by atoms with van der Waals surface area (Å²) in [5, 5.41) is 9.58. The number of nitrogens with two attached hydrogens (primary N) is 1. The first kappa shape index (κ1) is 16.5. The molecule has 118 valence electrons. The van der Waals surface area contributed by atoms with Crippen LogP contribution in [0.5, 0.6) is 5.75 Å². The van der Waals surface area contributed by atoms with Gasteiger partial charge in [0.25, 0.3) is 0 Å². The number of hydrogen-bond acceptors (Lipinski definition) is 5. The lowest BCUT2D eigenvalue weighted by atomic mass is 10.1. The molecule has 0 radical (unpaired) electrons. The molecular weight excluding hydrogens is 282 g/mol. The molecule has 5 heteroatoms. The Morgan fingerprint density at radius 2 is 1.64 bits per heavy atom. The third-order valence-corrected chi connectivity index (χ3v) is 3.08. The summed E-state index contributed by atoms with van der Waals surface area (Å²) in [6.45, 7) is 0.973. The zero-order valence-electron chi connectivity index (χ0n) is 12.4. The highest BCUT2D eigenvalue weighted by atomic mass is 16.7. The molecule has 0 saturated carbocycles. The van der Waals surface area contributed by atoms with E-state index in [4.69, 9.17) is 19.9 Å². The lowest BCUT2D eigenvalue weighted by Gasteiger charge is -2.10. The van der Waals surface area contributed by atoms with Crippen molar-refractivity contribution in [2.45, 2.75) is 12.7 Å². The Bertz CT molecular complexity index is 530. The van der Waals surface area contributed by atoms with E-state index in [2.05, 4.69) is 0 Å². The molecule has 0 bridgehead atoms. The SMILES string of the molecule is NCC(O)c1ccc(OCOCOCc2ccccc2)cc1. The van der Waals surface area contributed by atoms with Crippen molar-refractivity contribution in [3.63, 3.8) is 0 Å². The normalized spacial score (nSPS) is 12.1. The Labute approximate surface area is 130 Å². The highest BCUT2D eigenvalue weighted by Crippen LogP contribution is 2.17.